The van der Waals surface area contributed by atoms with Crippen molar-refractivity contribution >= 4 is 5.97 Å². The van der Waals surface area contributed by atoms with E-state index in [2.05, 4.69) is 16.8 Å². The molecule has 0 aliphatic rings. The first-order chi connectivity index (χ1) is 9.15. The van der Waals surface area contributed by atoms with Crippen molar-refractivity contribution in [2.75, 3.05) is 19.7 Å². The third-order valence-electron chi connectivity index (χ3n) is 2.68. The Labute approximate surface area is 115 Å². The van der Waals surface area contributed by atoms with Crippen molar-refractivity contribution in [3.63, 3.8) is 0 Å². The Morgan fingerprint density at radius 3 is 2.84 bits per heavy atom. The molecule has 19 heavy (non-hydrogen) atoms. The van der Waals surface area contributed by atoms with Gasteiger partial charge in [-0.25, -0.2) is 4.79 Å². The molecule has 0 aliphatic heterocycles. The van der Waals surface area contributed by atoms with Crippen LogP contribution in [0.25, 0.3) is 0 Å². The Hall–Kier alpha value is -1.68. The lowest BCUT2D eigenvalue weighted by atomic mass is 10.3. The van der Waals surface area contributed by atoms with Crippen molar-refractivity contribution < 1.29 is 9.53 Å². The maximum Gasteiger partial charge on any atom is 0.330 e. The zero-order valence-electron chi connectivity index (χ0n) is 11.9. The molecule has 104 valence electrons. The standard InChI is InChI=1S/C15H22N2O2/c1-4-17(11-7-10-15(18)19-5-2)12-14-9-6-8-13(3)16-14/h6-10H,4-5,11-12H2,1-3H3/b10-7+. The summed E-state index contributed by atoms with van der Waals surface area (Å²) >= 11 is 0. The zero-order chi connectivity index (χ0) is 14.1. The fraction of sp³-hybridized carbons (Fsp3) is 0.467. The van der Waals surface area contributed by atoms with Crippen LogP contribution in [0.4, 0.5) is 0 Å². The highest BCUT2D eigenvalue weighted by atomic mass is 16.5. The molecule has 1 aromatic rings. The summed E-state index contributed by atoms with van der Waals surface area (Å²) in [5.41, 5.74) is 2.07. The molecule has 0 atom stereocenters. The smallest absolute Gasteiger partial charge is 0.330 e. The zero-order valence-corrected chi connectivity index (χ0v) is 11.9. The van der Waals surface area contributed by atoms with Gasteiger partial charge in [-0.1, -0.05) is 19.1 Å². The number of carbonyl (C=O) groups is 1. The van der Waals surface area contributed by atoms with Gasteiger partial charge in [0.25, 0.3) is 0 Å². The van der Waals surface area contributed by atoms with E-state index in [4.69, 9.17) is 4.74 Å². The Bertz CT molecular complexity index is 430. The molecule has 0 saturated heterocycles. The van der Waals surface area contributed by atoms with Gasteiger partial charge in [0.15, 0.2) is 0 Å². The maximum absolute atomic E-state index is 11.2. The van der Waals surface area contributed by atoms with Gasteiger partial charge in [0.1, 0.15) is 0 Å². The van der Waals surface area contributed by atoms with Crippen LogP contribution in [0.1, 0.15) is 25.2 Å². The second-order valence-corrected chi connectivity index (χ2v) is 4.25. The summed E-state index contributed by atoms with van der Waals surface area (Å²) in [5.74, 6) is -0.285. The number of carbonyl (C=O) groups excluding carboxylic acids is 1. The molecular formula is C15H22N2O2. The molecule has 4 heteroatoms. The fourth-order valence-electron chi connectivity index (χ4n) is 1.71. The van der Waals surface area contributed by atoms with Crippen molar-refractivity contribution in [1.82, 2.24) is 9.88 Å². The van der Waals surface area contributed by atoms with Crippen molar-refractivity contribution in [2.24, 2.45) is 0 Å². The van der Waals surface area contributed by atoms with Gasteiger partial charge in [0, 0.05) is 24.9 Å². The number of hydrogen-bond donors (Lipinski definition) is 0. The summed E-state index contributed by atoms with van der Waals surface area (Å²) in [7, 11) is 0. The number of ether oxygens (including phenoxy) is 1. The lowest BCUT2D eigenvalue weighted by Crippen LogP contribution is -2.23. The van der Waals surface area contributed by atoms with Crippen LogP contribution in [0.2, 0.25) is 0 Å². The minimum Gasteiger partial charge on any atom is -0.463 e. The first-order valence-corrected chi connectivity index (χ1v) is 6.63. The highest BCUT2D eigenvalue weighted by molar-refractivity contribution is 5.81. The van der Waals surface area contributed by atoms with E-state index < -0.39 is 0 Å². The predicted molar refractivity (Wildman–Crippen MR) is 75.7 cm³/mol. The molecular weight excluding hydrogens is 240 g/mol. The highest BCUT2D eigenvalue weighted by Gasteiger charge is 2.03. The van der Waals surface area contributed by atoms with Gasteiger partial charge in [-0.05, 0) is 32.5 Å². The van der Waals surface area contributed by atoms with Gasteiger partial charge in [0.05, 0.1) is 12.3 Å². The van der Waals surface area contributed by atoms with E-state index in [0.29, 0.717) is 13.2 Å². The van der Waals surface area contributed by atoms with Crippen molar-refractivity contribution in [1.29, 1.82) is 0 Å². The maximum atomic E-state index is 11.2. The molecule has 1 aromatic heterocycles. The van der Waals surface area contributed by atoms with Crippen molar-refractivity contribution in [3.8, 4) is 0 Å². The topological polar surface area (TPSA) is 42.4 Å². The summed E-state index contributed by atoms with van der Waals surface area (Å²) in [4.78, 5) is 17.9. The van der Waals surface area contributed by atoms with Crippen molar-refractivity contribution in [3.05, 3.63) is 41.7 Å². The summed E-state index contributed by atoms with van der Waals surface area (Å²) in [6, 6.07) is 6.02. The number of rotatable bonds is 7. The monoisotopic (exact) mass is 262 g/mol. The molecule has 0 aromatic carbocycles. The molecule has 0 N–H and O–H groups in total. The second kappa shape index (κ2) is 8.43. The number of likely N-dealkylation sites (N-methyl/N-ethyl adjacent to an activating group) is 1. The predicted octanol–water partition coefficient (Wildman–Crippen LogP) is 2.33. The molecule has 0 spiro atoms. The Morgan fingerprint density at radius 2 is 2.21 bits per heavy atom. The number of aryl methyl sites for hydroxylation is 1. The quantitative estimate of drug-likeness (QED) is 0.559. The minimum absolute atomic E-state index is 0.285. The van der Waals surface area contributed by atoms with Crippen LogP contribution < -0.4 is 0 Å². The summed E-state index contributed by atoms with van der Waals surface area (Å²) in [6.45, 7) is 8.69. The van der Waals surface area contributed by atoms with Crippen LogP contribution in [0.3, 0.4) is 0 Å². The Balaban J connectivity index is 2.48. The summed E-state index contributed by atoms with van der Waals surface area (Å²) in [5, 5.41) is 0. The molecule has 0 unspecified atom stereocenters. The van der Waals surface area contributed by atoms with Crippen LogP contribution in [0.5, 0.6) is 0 Å². The Kier molecular flexibility index (Phi) is 6.82. The fourth-order valence-corrected chi connectivity index (χ4v) is 1.71. The highest BCUT2D eigenvalue weighted by Crippen LogP contribution is 2.03. The van der Waals surface area contributed by atoms with Gasteiger partial charge < -0.3 is 4.74 Å². The largest absolute Gasteiger partial charge is 0.463 e. The van der Waals surface area contributed by atoms with E-state index in [9.17, 15) is 4.79 Å². The molecule has 0 aliphatic carbocycles. The van der Waals surface area contributed by atoms with Crippen LogP contribution in [0, 0.1) is 6.92 Å². The third-order valence-corrected chi connectivity index (χ3v) is 2.68. The average Bonchev–Trinajstić information content (AvgIpc) is 2.38. The van der Waals surface area contributed by atoms with E-state index in [-0.39, 0.29) is 5.97 Å². The average molecular weight is 262 g/mol. The molecule has 0 amide bonds. The first kappa shape index (κ1) is 15.4. The van der Waals surface area contributed by atoms with Gasteiger partial charge in [0.2, 0.25) is 0 Å². The molecule has 4 nitrogen and oxygen atoms in total. The summed E-state index contributed by atoms with van der Waals surface area (Å²) < 4.78 is 4.83. The number of aromatic nitrogens is 1. The minimum atomic E-state index is -0.285. The van der Waals surface area contributed by atoms with E-state index >= 15 is 0 Å². The number of pyridine rings is 1. The van der Waals surface area contributed by atoms with Crippen LogP contribution in [0.15, 0.2) is 30.4 Å². The number of hydrogen-bond acceptors (Lipinski definition) is 4. The van der Waals surface area contributed by atoms with Crippen molar-refractivity contribution in [2.45, 2.75) is 27.3 Å². The molecule has 0 saturated carbocycles. The number of nitrogens with zero attached hydrogens (tertiary/aromatic N) is 2. The van der Waals surface area contributed by atoms with Crippen LogP contribution in [-0.2, 0) is 16.1 Å². The molecule has 0 bridgehead atoms. The molecule has 0 fully saturated rings. The lowest BCUT2D eigenvalue weighted by Gasteiger charge is -2.17. The van der Waals surface area contributed by atoms with Gasteiger partial charge in [-0.2, -0.15) is 0 Å². The van der Waals surface area contributed by atoms with Gasteiger partial charge in [-0.15, -0.1) is 0 Å². The van der Waals surface area contributed by atoms with Gasteiger partial charge >= 0.3 is 5.97 Å². The first-order valence-electron chi connectivity index (χ1n) is 6.63. The number of esters is 1. The second-order valence-electron chi connectivity index (χ2n) is 4.25. The normalized spacial score (nSPS) is 11.2. The van der Waals surface area contributed by atoms with E-state index in [1.165, 1.54) is 6.08 Å². The third kappa shape index (κ3) is 6.15. The molecule has 1 rings (SSSR count). The van der Waals surface area contributed by atoms with Crippen LogP contribution in [-0.4, -0.2) is 35.5 Å². The molecule has 1 heterocycles. The van der Waals surface area contributed by atoms with E-state index in [1.807, 2.05) is 31.2 Å². The van der Waals surface area contributed by atoms with E-state index in [1.54, 1.807) is 6.92 Å². The van der Waals surface area contributed by atoms with Crippen LogP contribution >= 0.6 is 0 Å². The lowest BCUT2D eigenvalue weighted by molar-refractivity contribution is -0.137. The Morgan fingerprint density at radius 1 is 1.42 bits per heavy atom. The SMILES string of the molecule is CCOC(=O)/C=C/CN(CC)Cc1cccc(C)n1. The molecule has 0 radical (unpaired) electrons. The van der Waals surface area contributed by atoms with Gasteiger partial charge in [-0.3, -0.25) is 9.88 Å². The van der Waals surface area contributed by atoms with E-state index in [0.717, 1.165) is 24.5 Å². The summed E-state index contributed by atoms with van der Waals surface area (Å²) in [6.07, 6.45) is 3.31.